The van der Waals surface area contributed by atoms with Gasteiger partial charge >= 0.3 is 0 Å². The summed E-state index contributed by atoms with van der Waals surface area (Å²) in [6.07, 6.45) is 7.64. The number of rotatable bonds is 1. The molecular weight excluding hydrogens is 170 g/mol. The molecular formula is C13H15N. The van der Waals surface area contributed by atoms with Crippen molar-refractivity contribution in [1.82, 2.24) is 4.98 Å². The molecule has 1 heterocycles. The first-order valence-electron chi connectivity index (χ1n) is 5.07. The molecule has 0 spiro atoms. The van der Waals surface area contributed by atoms with Gasteiger partial charge in [-0.2, -0.15) is 0 Å². The van der Waals surface area contributed by atoms with Crippen molar-refractivity contribution in [3.8, 4) is 0 Å². The van der Waals surface area contributed by atoms with Crippen molar-refractivity contribution in [2.24, 2.45) is 5.92 Å². The molecule has 1 atom stereocenters. The van der Waals surface area contributed by atoms with Gasteiger partial charge in [-0.1, -0.05) is 31.2 Å². The Morgan fingerprint density at radius 2 is 2.21 bits per heavy atom. The summed E-state index contributed by atoms with van der Waals surface area (Å²) >= 11 is 0. The molecule has 1 aromatic heterocycles. The number of hydrogen-bond donors (Lipinski definition) is 0. The lowest BCUT2D eigenvalue weighted by atomic mass is 9.94. The van der Waals surface area contributed by atoms with Crippen LogP contribution in [0.3, 0.4) is 0 Å². The van der Waals surface area contributed by atoms with Gasteiger partial charge in [0.1, 0.15) is 0 Å². The smallest absolute Gasteiger partial charge is 0.0665 e. The molecule has 1 nitrogen and oxygen atoms in total. The van der Waals surface area contributed by atoms with Crippen molar-refractivity contribution in [3.05, 3.63) is 47.8 Å². The minimum atomic E-state index is 0.636. The standard InChI is InChI=1S/C13H15N/c1-10-5-3-7-12(9-10)13-8-4-6-11(2)14-13/h3-8,10H,9H2,1-2H3. The average Bonchev–Trinajstić information content (AvgIpc) is 2.18. The van der Waals surface area contributed by atoms with Crippen LogP contribution in [0.1, 0.15) is 24.7 Å². The Kier molecular flexibility index (Phi) is 2.49. The molecule has 72 valence electrons. The number of aromatic nitrogens is 1. The first-order chi connectivity index (χ1) is 6.75. The molecule has 0 N–H and O–H groups in total. The Morgan fingerprint density at radius 1 is 1.36 bits per heavy atom. The van der Waals surface area contributed by atoms with Crippen LogP contribution in [0, 0.1) is 12.8 Å². The third-order valence-corrected chi connectivity index (χ3v) is 2.50. The van der Waals surface area contributed by atoms with Gasteiger partial charge in [-0.25, -0.2) is 0 Å². The number of nitrogens with zero attached hydrogens (tertiary/aromatic N) is 1. The van der Waals surface area contributed by atoms with Crippen LogP contribution in [0.25, 0.3) is 5.57 Å². The van der Waals surface area contributed by atoms with Crippen LogP contribution in [0.5, 0.6) is 0 Å². The van der Waals surface area contributed by atoms with E-state index >= 15 is 0 Å². The topological polar surface area (TPSA) is 12.9 Å². The van der Waals surface area contributed by atoms with E-state index in [1.54, 1.807) is 0 Å². The van der Waals surface area contributed by atoms with Crippen molar-refractivity contribution in [3.63, 3.8) is 0 Å². The maximum absolute atomic E-state index is 4.53. The van der Waals surface area contributed by atoms with Crippen LogP contribution < -0.4 is 0 Å². The maximum atomic E-state index is 4.53. The van der Waals surface area contributed by atoms with E-state index in [0.717, 1.165) is 17.8 Å². The van der Waals surface area contributed by atoms with E-state index in [9.17, 15) is 0 Å². The molecule has 1 heteroatoms. The van der Waals surface area contributed by atoms with E-state index in [4.69, 9.17) is 0 Å². The fourth-order valence-electron chi connectivity index (χ4n) is 1.76. The number of allylic oxidation sites excluding steroid dienone is 4. The first kappa shape index (κ1) is 9.20. The lowest BCUT2D eigenvalue weighted by molar-refractivity contribution is 0.746. The molecule has 1 aromatic rings. The van der Waals surface area contributed by atoms with Crippen LogP contribution in [-0.2, 0) is 0 Å². The highest BCUT2D eigenvalue weighted by molar-refractivity contribution is 5.65. The van der Waals surface area contributed by atoms with Crippen LogP contribution in [0.15, 0.2) is 36.4 Å². The zero-order valence-electron chi connectivity index (χ0n) is 8.70. The van der Waals surface area contributed by atoms with E-state index in [2.05, 4.69) is 42.3 Å². The highest BCUT2D eigenvalue weighted by Gasteiger charge is 2.09. The molecule has 0 amide bonds. The number of aryl methyl sites for hydroxylation is 1. The number of hydrogen-bond acceptors (Lipinski definition) is 1. The fourth-order valence-corrected chi connectivity index (χ4v) is 1.76. The van der Waals surface area contributed by atoms with E-state index in [1.807, 2.05) is 13.0 Å². The Hall–Kier alpha value is -1.37. The van der Waals surface area contributed by atoms with Crippen molar-refractivity contribution in [2.45, 2.75) is 20.3 Å². The van der Waals surface area contributed by atoms with Crippen molar-refractivity contribution in [1.29, 1.82) is 0 Å². The molecule has 1 aliphatic rings. The summed E-state index contributed by atoms with van der Waals surface area (Å²) in [6.45, 7) is 4.27. The van der Waals surface area contributed by atoms with Gasteiger partial charge in [0.05, 0.1) is 5.69 Å². The van der Waals surface area contributed by atoms with Gasteiger partial charge in [0, 0.05) is 5.69 Å². The predicted octanol–water partition coefficient (Wildman–Crippen LogP) is 3.37. The Balaban J connectivity index is 2.31. The predicted molar refractivity (Wildman–Crippen MR) is 59.9 cm³/mol. The van der Waals surface area contributed by atoms with Crippen LogP contribution >= 0.6 is 0 Å². The Labute approximate surface area is 85.2 Å². The normalized spacial score (nSPS) is 20.7. The molecule has 0 radical (unpaired) electrons. The highest BCUT2D eigenvalue weighted by atomic mass is 14.7. The largest absolute Gasteiger partial charge is 0.253 e. The summed E-state index contributed by atoms with van der Waals surface area (Å²) in [6, 6.07) is 6.19. The molecule has 14 heavy (non-hydrogen) atoms. The minimum absolute atomic E-state index is 0.636. The molecule has 1 unspecified atom stereocenters. The quantitative estimate of drug-likeness (QED) is 0.653. The second-order valence-corrected chi connectivity index (χ2v) is 3.92. The molecule has 0 saturated carbocycles. The SMILES string of the molecule is Cc1cccc(C2=CC=CC(C)C2)n1. The van der Waals surface area contributed by atoms with Crippen molar-refractivity contribution in [2.75, 3.05) is 0 Å². The summed E-state index contributed by atoms with van der Waals surface area (Å²) in [7, 11) is 0. The Morgan fingerprint density at radius 3 is 2.93 bits per heavy atom. The highest BCUT2D eigenvalue weighted by Crippen LogP contribution is 2.25. The lowest BCUT2D eigenvalue weighted by Crippen LogP contribution is -1.99. The first-order valence-corrected chi connectivity index (χ1v) is 5.07. The molecule has 2 rings (SSSR count). The fraction of sp³-hybridized carbons (Fsp3) is 0.308. The summed E-state index contributed by atoms with van der Waals surface area (Å²) in [5.74, 6) is 0.636. The summed E-state index contributed by atoms with van der Waals surface area (Å²) in [5, 5.41) is 0. The molecule has 0 aromatic carbocycles. The second-order valence-electron chi connectivity index (χ2n) is 3.92. The van der Waals surface area contributed by atoms with Gasteiger partial charge in [-0.15, -0.1) is 0 Å². The van der Waals surface area contributed by atoms with Gasteiger partial charge in [-0.3, -0.25) is 4.98 Å². The van der Waals surface area contributed by atoms with Crippen molar-refractivity contribution >= 4 is 5.57 Å². The summed E-state index contributed by atoms with van der Waals surface area (Å²) in [5.41, 5.74) is 3.57. The summed E-state index contributed by atoms with van der Waals surface area (Å²) in [4.78, 5) is 4.53. The third-order valence-electron chi connectivity index (χ3n) is 2.50. The second kappa shape index (κ2) is 3.79. The van der Waals surface area contributed by atoms with Gasteiger partial charge < -0.3 is 0 Å². The van der Waals surface area contributed by atoms with E-state index in [1.165, 1.54) is 5.57 Å². The van der Waals surface area contributed by atoms with Crippen LogP contribution in [0.4, 0.5) is 0 Å². The minimum Gasteiger partial charge on any atom is -0.253 e. The van der Waals surface area contributed by atoms with Gasteiger partial charge in [0.25, 0.3) is 0 Å². The molecule has 0 bridgehead atoms. The zero-order valence-corrected chi connectivity index (χ0v) is 8.70. The monoisotopic (exact) mass is 185 g/mol. The molecule has 0 aliphatic heterocycles. The van der Waals surface area contributed by atoms with E-state index < -0.39 is 0 Å². The van der Waals surface area contributed by atoms with Gasteiger partial charge in [-0.05, 0) is 37.0 Å². The maximum Gasteiger partial charge on any atom is 0.0665 e. The van der Waals surface area contributed by atoms with E-state index in [-0.39, 0.29) is 0 Å². The molecule has 1 aliphatic carbocycles. The average molecular weight is 185 g/mol. The lowest BCUT2D eigenvalue weighted by Gasteiger charge is -2.14. The molecule has 0 saturated heterocycles. The van der Waals surface area contributed by atoms with Gasteiger partial charge in [0.15, 0.2) is 0 Å². The van der Waals surface area contributed by atoms with E-state index in [0.29, 0.717) is 5.92 Å². The number of pyridine rings is 1. The van der Waals surface area contributed by atoms with Crippen LogP contribution in [-0.4, -0.2) is 4.98 Å². The third kappa shape index (κ3) is 1.92. The zero-order chi connectivity index (χ0) is 9.97. The van der Waals surface area contributed by atoms with Crippen molar-refractivity contribution < 1.29 is 0 Å². The Bertz CT molecular complexity index is 388. The summed E-state index contributed by atoms with van der Waals surface area (Å²) < 4.78 is 0. The van der Waals surface area contributed by atoms with Crippen LogP contribution in [0.2, 0.25) is 0 Å². The van der Waals surface area contributed by atoms with Gasteiger partial charge in [0.2, 0.25) is 0 Å². The molecule has 0 fully saturated rings.